The summed E-state index contributed by atoms with van der Waals surface area (Å²) in [6.07, 6.45) is -5.63. The van der Waals surface area contributed by atoms with E-state index in [1.54, 1.807) is 0 Å². The Kier molecular flexibility index (Phi) is 5.38. The van der Waals surface area contributed by atoms with E-state index in [1.165, 1.54) is 35.8 Å². The molecule has 154 valence electrons. The highest BCUT2D eigenvalue weighted by Crippen LogP contribution is 2.28. The molecule has 4 rings (SSSR count). The topological polar surface area (TPSA) is 142 Å². The summed E-state index contributed by atoms with van der Waals surface area (Å²) in [5.41, 5.74) is 1.19. The number of fused-ring (bicyclic) bond motifs is 1. The van der Waals surface area contributed by atoms with Crippen molar-refractivity contribution in [2.24, 2.45) is 0 Å². The van der Waals surface area contributed by atoms with Crippen LogP contribution in [-0.2, 0) is 4.74 Å². The van der Waals surface area contributed by atoms with Crippen molar-refractivity contribution < 1.29 is 34.3 Å². The summed E-state index contributed by atoms with van der Waals surface area (Å²) in [4.78, 5) is 17.1. The van der Waals surface area contributed by atoms with E-state index in [0.29, 0.717) is 16.0 Å². The van der Waals surface area contributed by atoms with E-state index in [-0.39, 0.29) is 16.8 Å². The SMILES string of the molecule is Cc1csc(-c2coc3cc(O[C@@H]4O[C@H](CO)[C@H](O)[C@@H](O)[C@@H]4O)ccc3c2=O)n1. The molecule has 5 atom stereocenters. The third-order valence-electron chi connectivity index (χ3n) is 4.70. The monoisotopic (exact) mass is 421 g/mol. The molecule has 3 aromatic rings. The molecule has 4 N–H and O–H groups in total. The Bertz CT molecular complexity index is 1080. The zero-order chi connectivity index (χ0) is 20.7. The maximum absolute atomic E-state index is 12.8. The first-order valence-electron chi connectivity index (χ1n) is 8.84. The molecule has 0 aliphatic carbocycles. The highest BCUT2D eigenvalue weighted by Gasteiger charge is 2.44. The minimum Gasteiger partial charge on any atom is -0.463 e. The number of hydrogen-bond acceptors (Lipinski definition) is 10. The van der Waals surface area contributed by atoms with Crippen LogP contribution in [0.5, 0.6) is 5.75 Å². The largest absolute Gasteiger partial charge is 0.463 e. The van der Waals surface area contributed by atoms with Crippen molar-refractivity contribution in [1.29, 1.82) is 0 Å². The van der Waals surface area contributed by atoms with Crippen molar-refractivity contribution in [3.8, 4) is 16.3 Å². The Balaban J connectivity index is 1.62. The molecule has 1 aliphatic heterocycles. The minimum atomic E-state index is -1.55. The highest BCUT2D eigenvalue weighted by molar-refractivity contribution is 7.13. The molecule has 0 spiro atoms. The predicted octanol–water partition coefficient (Wildman–Crippen LogP) is 0.404. The molecule has 1 aliphatic rings. The molecular weight excluding hydrogens is 402 g/mol. The van der Waals surface area contributed by atoms with Gasteiger partial charge in [-0.15, -0.1) is 11.3 Å². The van der Waals surface area contributed by atoms with E-state index in [9.17, 15) is 25.2 Å². The van der Waals surface area contributed by atoms with Gasteiger partial charge in [-0.05, 0) is 19.1 Å². The first-order chi connectivity index (χ1) is 13.9. The molecule has 0 saturated carbocycles. The second kappa shape index (κ2) is 7.82. The van der Waals surface area contributed by atoms with Gasteiger partial charge in [0.25, 0.3) is 0 Å². The van der Waals surface area contributed by atoms with E-state index in [0.717, 1.165) is 5.69 Å². The lowest BCUT2D eigenvalue weighted by Crippen LogP contribution is -2.60. The van der Waals surface area contributed by atoms with E-state index in [1.807, 2.05) is 12.3 Å². The summed E-state index contributed by atoms with van der Waals surface area (Å²) in [5.74, 6) is 0.211. The van der Waals surface area contributed by atoms with Gasteiger partial charge < -0.3 is 34.3 Å². The van der Waals surface area contributed by atoms with Crippen molar-refractivity contribution in [2.45, 2.75) is 37.6 Å². The molecule has 0 radical (unpaired) electrons. The second-order valence-corrected chi connectivity index (χ2v) is 7.60. The fourth-order valence-electron chi connectivity index (χ4n) is 3.11. The van der Waals surface area contributed by atoms with E-state index < -0.39 is 37.3 Å². The molecule has 10 heteroatoms. The number of thiazole rings is 1. The zero-order valence-corrected chi connectivity index (χ0v) is 16.1. The average molecular weight is 421 g/mol. The van der Waals surface area contributed by atoms with Gasteiger partial charge in [0.05, 0.1) is 17.6 Å². The normalized spacial score (nSPS) is 27.3. The number of aromatic nitrogens is 1. The van der Waals surface area contributed by atoms with Crippen LogP contribution in [0.15, 0.2) is 39.1 Å². The van der Waals surface area contributed by atoms with Crippen molar-refractivity contribution in [3.05, 3.63) is 45.8 Å². The van der Waals surface area contributed by atoms with E-state index >= 15 is 0 Å². The molecule has 0 amide bonds. The number of aliphatic hydroxyl groups is 4. The summed E-state index contributed by atoms with van der Waals surface area (Å²) in [5, 5.41) is 41.8. The van der Waals surface area contributed by atoms with Crippen LogP contribution >= 0.6 is 11.3 Å². The van der Waals surface area contributed by atoms with Crippen molar-refractivity contribution in [1.82, 2.24) is 4.98 Å². The molecule has 0 bridgehead atoms. The van der Waals surface area contributed by atoms with Gasteiger partial charge >= 0.3 is 0 Å². The maximum atomic E-state index is 12.8. The van der Waals surface area contributed by atoms with E-state index in [4.69, 9.17) is 13.9 Å². The number of benzene rings is 1. The molecule has 0 unspecified atom stereocenters. The summed E-state index contributed by atoms with van der Waals surface area (Å²) in [6, 6.07) is 4.47. The van der Waals surface area contributed by atoms with Crippen LogP contribution < -0.4 is 10.2 Å². The number of hydrogen-bond donors (Lipinski definition) is 4. The lowest BCUT2D eigenvalue weighted by atomic mass is 9.99. The summed E-state index contributed by atoms with van der Waals surface area (Å²) in [6.45, 7) is 1.28. The number of nitrogens with zero attached hydrogens (tertiary/aromatic N) is 1. The molecular formula is C19H19NO8S. The van der Waals surface area contributed by atoms with Crippen molar-refractivity contribution >= 4 is 22.3 Å². The van der Waals surface area contributed by atoms with Crippen LogP contribution in [0.2, 0.25) is 0 Å². The van der Waals surface area contributed by atoms with Gasteiger partial charge in [-0.25, -0.2) is 4.98 Å². The molecule has 1 saturated heterocycles. The Labute approximate surface area is 168 Å². The summed E-state index contributed by atoms with van der Waals surface area (Å²) in [7, 11) is 0. The Morgan fingerprint density at radius 3 is 2.69 bits per heavy atom. The van der Waals surface area contributed by atoms with Crippen molar-refractivity contribution in [3.63, 3.8) is 0 Å². The Hall–Kier alpha value is -2.34. The third kappa shape index (κ3) is 3.66. The van der Waals surface area contributed by atoms with Crippen LogP contribution in [0.25, 0.3) is 21.5 Å². The molecule has 9 nitrogen and oxygen atoms in total. The quantitative estimate of drug-likeness (QED) is 0.471. The number of aliphatic hydroxyl groups excluding tert-OH is 4. The number of ether oxygens (including phenoxy) is 2. The van der Waals surface area contributed by atoms with Gasteiger partial charge in [0, 0.05) is 17.1 Å². The second-order valence-electron chi connectivity index (χ2n) is 6.75. The van der Waals surface area contributed by atoms with Crippen molar-refractivity contribution in [2.75, 3.05) is 6.61 Å². The van der Waals surface area contributed by atoms with Gasteiger partial charge in [0.1, 0.15) is 47.0 Å². The van der Waals surface area contributed by atoms with Gasteiger partial charge in [-0.2, -0.15) is 0 Å². The zero-order valence-electron chi connectivity index (χ0n) is 15.3. The van der Waals surface area contributed by atoms with Crippen LogP contribution in [0.1, 0.15) is 5.69 Å². The van der Waals surface area contributed by atoms with Gasteiger partial charge in [-0.1, -0.05) is 0 Å². The Morgan fingerprint density at radius 1 is 1.21 bits per heavy atom. The minimum absolute atomic E-state index is 0.211. The predicted molar refractivity (Wildman–Crippen MR) is 103 cm³/mol. The fraction of sp³-hybridized carbons (Fsp3) is 0.368. The van der Waals surface area contributed by atoms with Crippen LogP contribution in [-0.4, -0.2) is 62.7 Å². The first kappa shape index (κ1) is 20.0. The standard InChI is InChI=1S/C19H19NO8S/c1-8-7-29-18(20-8)11-6-26-12-4-9(2-3-10(12)14(11)22)27-19-17(25)16(24)15(23)13(5-21)28-19/h2-4,6-7,13,15-17,19,21,23-25H,5H2,1H3/t13-,15+,16-,17+,19-/m1/s1. The first-order valence-corrected chi connectivity index (χ1v) is 9.72. The average Bonchev–Trinajstić information content (AvgIpc) is 3.14. The smallest absolute Gasteiger partial charge is 0.229 e. The fourth-order valence-corrected chi connectivity index (χ4v) is 3.91. The van der Waals surface area contributed by atoms with E-state index in [2.05, 4.69) is 4.98 Å². The molecule has 29 heavy (non-hydrogen) atoms. The molecule has 3 heterocycles. The molecule has 2 aromatic heterocycles. The lowest BCUT2D eigenvalue weighted by Gasteiger charge is -2.39. The Morgan fingerprint density at radius 2 is 2.00 bits per heavy atom. The highest BCUT2D eigenvalue weighted by atomic mass is 32.1. The molecule has 1 fully saturated rings. The van der Waals surface area contributed by atoms with Crippen LogP contribution in [0.4, 0.5) is 0 Å². The van der Waals surface area contributed by atoms with Crippen LogP contribution in [0, 0.1) is 6.92 Å². The number of aryl methyl sites for hydroxylation is 1. The van der Waals surface area contributed by atoms with Gasteiger partial charge in [0.2, 0.25) is 11.7 Å². The van der Waals surface area contributed by atoms with Gasteiger partial charge in [-0.3, -0.25) is 4.79 Å². The third-order valence-corrected chi connectivity index (χ3v) is 5.69. The summed E-state index contributed by atoms with van der Waals surface area (Å²) < 4.78 is 16.5. The number of rotatable bonds is 4. The van der Waals surface area contributed by atoms with Gasteiger partial charge in [0.15, 0.2) is 0 Å². The van der Waals surface area contributed by atoms with Crippen LogP contribution in [0.3, 0.4) is 0 Å². The maximum Gasteiger partial charge on any atom is 0.229 e. The lowest BCUT2D eigenvalue weighted by molar-refractivity contribution is -0.277. The molecule has 1 aromatic carbocycles. The summed E-state index contributed by atoms with van der Waals surface area (Å²) >= 11 is 1.35.